The lowest BCUT2D eigenvalue weighted by molar-refractivity contribution is 0.145. The number of halogens is 2. The van der Waals surface area contributed by atoms with E-state index in [-0.39, 0.29) is 10.8 Å². The highest BCUT2D eigenvalue weighted by Gasteiger charge is 2.20. The van der Waals surface area contributed by atoms with Crippen LogP contribution in [0, 0.1) is 6.92 Å². The number of rotatable bonds is 2. The fourth-order valence-corrected chi connectivity index (χ4v) is 2.84. The van der Waals surface area contributed by atoms with E-state index in [4.69, 9.17) is 33.0 Å². The first-order valence-electron chi connectivity index (χ1n) is 6.73. The molecule has 0 radical (unpaired) electrons. The van der Waals surface area contributed by atoms with Crippen molar-refractivity contribution in [2.75, 3.05) is 0 Å². The summed E-state index contributed by atoms with van der Waals surface area (Å²) in [6, 6.07) is 12.7. The molecule has 1 N–H and O–H groups in total. The number of nitrogens with zero attached hydrogens (tertiary/aromatic N) is 1. The molecule has 0 amide bonds. The molecule has 0 spiro atoms. The van der Waals surface area contributed by atoms with Gasteiger partial charge in [-0.25, -0.2) is 9.78 Å². The Labute approximate surface area is 142 Å². The molecule has 0 aliphatic heterocycles. The fourth-order valence-electron chi connectivity index (χ4n) is 2.44. The Morgan fingerprint density at radius 2 is 1.83 bits per heavy atom. The number of ether oxygens (including phenoxy) is 1. The Bertz CT molecular complexity index is 911. The molecule has 0 saturated carbocycles. The Morgan fingerprint density at radius 3 is 2.48 bits per heavy atom. The summed E-state index contributed by atoms with van der Waals surface area (Å²) in [4.78, 5) is 15.7. The van der Waals surface area contributed by atoms with E-state index in [1.165, 1.54) is 0 Å². The normalized spacial score (nSPS) is 10.7. The summed E-state index contributed by atoms with van der Waals surface area (Å²) in [5.41, 5.74) is 2.58. The molecule has 116 valence electrons. The molecule has 3 aromatic rings. The Morgan fingerprint density at radius 1 is 1.13 bits per heavy atom. The first-order chi connectivity index (χ1) is 11.0. The molecule has 0 aliphatic carbocycles. The van der Waals surface area contributed by atoms with Crippen molar-refractivity contribution < 1.29 is 14.6 Å². The molecular weight excluding hydrogens is 337 g/mol. The van der Waals surface area contributed by atoms with Crippen LogP contribution in [0.3, 0.4) is 0 Å². The topological polar surface area (TPSA) is 59.4 Å². The molecule has 0 saturated heterocycles. The standard InChI is InChI=1S/C17H11Cl2NO3/c1-9-15(10-5-3-2-4-6-10)20-12-8-7-11(18)14(19)13(12)16(9)23-17(21)22/h2-8H,1H3,(H,21,22). The van der Waals surface area contributed by atoms with E-state index in [1.807, 2.05) is 30.3 Å². The van der Waals surface area contributed by atoms with E-state index in [9.17, 15) is 4.79 Å². The summed E-state index contributed by atoms with van der Waals surface area (Å²) in [6.45, 7) is 1.74. The van der Waals surface area contributed by atoms with Gasteiger partial charge in [0.1, 0.15) is 0 Å². The van der Waals surface area contributed by atoms with Crippen molar-refractivity contribution in [3.63, 3.8) is 0 Å². The molecule has 4 nitrogen and oxygen atoms in total. The van der Waals surface area contributed by atoms with Crippen LogP contribution in [0.5, 0.6) is 5.75 Å². The number of benzene rings is 2. The first-order valence-corrected chi connectivity index (χ1v) is 7.49. The maximum absolute atomic E-state index is 11.1. The number of carbonyl (C=O) groups is 1. The molecule has 0 fully saturated rings. The summed E-state index contributed by atoms with van der Waals surface area (Å²) in [5.74, 6) is 0.147. The van der Waals surface area contributed by atoms with Gasteiger partial charge in [0.25, 0.3) is 0 Å². The zero-order valence-corrected chi connectivity index (χ0v) is 13.5. The molecule has 0 aliphatic rings. The van der Waals surface area contributed by atoms with Crippen molar-refractivity contribution in [2.45, 2.75) is 6.92 Å². The van der Waals surface area contributed by atoms with Gasteiger partial charge in [0.2, 0.25) is 0 Å². The highest BCUT2D eigenvalue weighted by molar-refractivity contribution is 6.45. The molecule has 0 bridgehead atoms. The molecule has 2 aromatic carbocycles. The van der Waals surface area contributed by atoms with Gasteiger partial charge in [0.15, 0.2) is 5.75 Å². The van der Waals surface area contributed by atoms with E-state index in [0.29, 0.717) is 27.2 Å². The first kappa shape index (κ1) is 15.6. The second kappa shape index (κ2) is 6.07. The van der Waals surface area contributed by atoms with Crippen molar-refractivity contribution in [3.8, 4) is 17.0 Å². The largest absolute Gasteiger partial charge is 0.511 e. The van der Waals surface area contributed by atoms with Gasteiger partial charge in [-0.15, -0.1) is 0 Å². The lowest BCUT2D eigenvalue weighted by atomic mass is 10.0. The van der Waals surface area contributed by atoms with Gasteiger partial charge in [-0.05, 0) is 19.1 Å². The summed E-state index contributed by atoms with van der Waals surface area (Å²) in [6.07, 6.45) is -1.42. The van der Waals surface area contributed by atoms with Gasteiger partial charge < -0.3 is 9.84 Å². The van der Waals surface area contributed by atoms with E-state index in [2.05, 4.69) is 4.98 Å². The van der Waals surface area contributed by atoms with Crippen molar-refractivity contribution in [1.82, 2.24) is 4.98 Å². The van der Waals surface area contributed by atoms with E-state index >= 15 is 0 Å². The van der Waals surface area contributed by atoms with E-state index in [0.717, 1.165) is 5.56 Å². The lowest BCUT2D eigenvalue weighted by Crippen LogP contribution is -2.07. The van der Waals surface area contributed by atoms with Crippen molar-refractivity contribution >= 4 is 40.3 Å². The van der Waals surface area contributed by atoms with Crippen molar-refractivity contribution in [3.05, 3.63) is 58.1 Å². The molecular formula is C17H11Cl2NO3. The molecule has 6 heteroatoms. The van der Waals surface area contributed by atoms with Crippen LogP contribution in [0.1, 0.15) is 5.56 Å². The maximum atomic E-state index is 11.1. The highest BCUT2D eigenvalue weighted by Crippen LogP contribution is 2.41. The summed E-state index contributed by atoms with van der Waals surface area (Å²) < 4.78 is 4.99. The summed E-state index contributed by atoms with van der Waals surface area (Å²) in [5, 5.41) is 9.97. The van der Waals surface area contributed by atoms with Gasteiger partial charge in [-0.2, -0.15) is 0 Å². The van der Waals surface area contributed by atoms with Crippen LogP contribution >= 0.6 is 23.2 Å². The average Bonchev–Trinajstić information content (AvgIpc) is 2.53. The Hall–Kier alpha value is -2.30. The van der Waals surface area contributed by atoms with Crippen LogP contribution in [0.25, 0.3) is 22.2 Å². The molecule has 3 rings (SSSR count). The Kier molecular flexibility index (Phi) is 4.11. The predicted molar refractivity (Wildman–Crippen MR) is 90.6 cm³/mol. The number of carboxylic acid groups (broad SMARTS) is 1. The van der Waals surface area contributed by atoms with Gasteiger partial charge in [0.05, 0.1) is 26.6 Å². The third-order valence-electron chi connectivity index (χ3n) is 3.46. The average molecular weight is 348 g/mol. The fraction of sp³-hybridized carbons (Fsp3) is 0.0588. The van der Waals surface area contributed by atoms with Crippen molar-refractivity contribution in [1.29, 1.82) is 0 Å². The second-order valence-electron chi connectivity index (χ2n) is 4.90. The number of fused-ring (bicyclic) bond motifs is 1. The minimum absolute atomic E-state index is 0.147. The maximum Gasteiger partial charge on any atom is 0.511 e. The van der Waals surface area contributed by atoms with Crippen LogP contribution in [0.2, 0.25) is 10.0 Å². The second-order valence-corrected chi connectivity index (χ2v) is 5.69. The zero-order valence-electron chi connectivity index (χ0n) is 12.0. The van der Waals surface area contributed by atoms with Crippen LogP contribution < -0.4 is 4.74 Å². The SMILES string of the molecule is Cc1c(-c2ccccc2)nc2ccc(Cl)c(Cl)c2c1OC(=O)O. The molecule has 23 heavy (non-hydrogen) atoms. The third kappa shape index (κ3) is 2.83. The Balaban J connectivity index is 2.39. The van der Waals surface area contributed by atoms with Crippen LogP contribution in [0.4, 0.5) is 4.79 Å². The van der Waals surface area contributed by atoms with Crippen molar-refractivity contribution in [2.24, 2.45) is 0 Å². The van der Waals surface area contributed by atoms with E-state index in [1.54, 1.807) is 19.1 Å². The summed E-state index contributed by atoms with van der Waals surface area (Å²) >= 11 is 12.3. The monoisotopic (exact) mass is 347 g/mol. The third-order valence-corrected chi connectivity index (χ3v) is 4.27. The van der Waals surface area contributed by atoms with Gasteiger partial charge in [-0.1, -0.05) is 53.5 Å². The molecule has 0 unspecified atom stereocenters. The number of aromatic nitrogens is 1. The lowest BCUT2D eigenvalue weighted by Gasteiger charge is -2.14. The van der Waals surface area contributed by atoms with E-state index < -0.39 is 6.16 Å². The number of pyridine rings is 1. The van der Waals surface area contributed by atoms with Crippen LogP contribution in [-0.2, 0) is 0 Å². The van der Waals surface area contributed by atoms with Crippen LogP contribution in [0.15, 0.2) is 42.5 Å². The smallest absolute Gasteiger partial charge is 0.449 e. The van der Waals surface area contributed by atoms with Gasteiger partial charge >= 0.3 is 6.16 Å². The molecule has 0 atom stereocenters. The number of hydrogen-bond acceptors (Lipinski definition) is 3. The predicted octanol–water partition coefficient (Wildman–Crippen LogP) is 5.57. The minimum atomic E-state index is -1.42. The molecule has 1 heterocycles. The molecule has 1 aromatic heterocycles. The highest BCUT2D eigenvalue weighted by atomic mass is 35.5. The summed E-state index contributed by atoms with van der Waals surface area (Å²) in [7, 11) is 0. The van der Waals surface area contributed by atoms with Gasteiger partial charge in [-0.3, -0.25) is 0 Å². The number of hydrogen-bond donors (Lipinski definition) is 1. The minimum Gasteiger partial charge on any atom is -0.449 e. The quantitative estimate of drug-likeness (QED) is 0.615. The zero-order chi connectivity index (χ0) is 16.6. The van der Waals surface area contributed by atoms with Gasteiger partial charge in [0, 0.05) is 11.1 Å². The van der Waals surface area contributed by atoms with Crippen LogP contribution in [-0.4, -0.2) is 16.2 Å².